The molecule has 11 nitrogen and oxygen atoms in total. The Balaban J connectivity index is 0.000000289. The maximum Gasteiger partial charge on any atom is 0.324 e. The molecular weight excluding hydrogens is 348 g/mol. The smallest absolute Gasteiger partial charge is 0.324 e. The van der Waals surface area contributed by atoms with Crippen molar-refractivity contribution in [3.8, 4) is 5.75 Å². The van der Waals surface area contributed by atoms with Crippen LogP contribution in [0.15, 0.2) is 12.1 Å². The number of phenolic OH excluding ortho intramolecular Hbond substituents is 1. The molecule has 1 aliphatic heterocycles. The molecule has 1 aliphatic rings. The second-order valence-corrected chi connectivity index (χ2v) is 5.83. The van der Waals surface area contributed by atoms with Crippen LogP contribution in [0.5, 0.6) is 5.75 Å². The van der Waals surface area contributed by atoms with Gasteiger partial charge in [0.15, 0.2) is 0 Å². The molecule has 2 N–H and O–H groups in total. The number of benzene rings is 1. The first kappa shape index (κ1) is 21.2. The van der Waals surface area contributed by atoms with Crippen LogP contribution >= 0.6 is 0 Å². The predicted octanol–water partition coefficient (Wildman–Crippen LogP) is 3.44. The fourth-order valence-electron chi connectivity index (χ4n) is 2.48. The first-order chi connectivity index (χ1) is 12.3. The van der Waals surface area contributed by atoms with E-state index in [1.165, 1.54) is 58.0 Å². The Labute approximate surface area is 149 Å². The lowest BCUT2D eigenvalue weighted by Gasteiger charge is -2.07. The zero-order valence-electron chi connectivity index (χ0n) is 14.3. The molecule has 2 rings (SSSR count). The lowest BCUT2D eigenvalue weighted by atomic mass is 10.1. The van der Waals surface area contributed by atoms with Crippen molar-refractivity contribution >= 4 is 17.1 Å². The number of non-ortho nitro benzene ring substituents is 1. The Hall–Kier alpha value is -2.82. The van der Waals surface area contributed by atoms with Crippen LogP contribution in [0.25, 0.3) is 0 Å². The van der Waals surface area contributed by atoms with Gasteiger partial charge in [-0.25, -0.2) is 0 Å². The van der Waals surface area contributed by atoms with E-state index >= 15 is 0 Å². The molecule has 11 heteroatoms. The van der Waals surface area contributed by atoms with E-state index in [0.29, 0.717) is 12.1 Å². The van der Waals surface area contributed by atoms with Crippen molar-refractivity contribution in [1.29, 1.82) is 0 Å². The van der Waals surface area contributed by atoms with Crippen LogP contribution in [0.4, 0.5) is 17.1 Å². The second-order valence-electron chi connectivity index (χ2n) is 5.83. The number of nitrogens with one attached hydrogen (secondary N) is 1. The summed E-state index contributed by atoms with van der Waals surface area (Å²) in [7, 11) is 0. The number of nitro benzene ring substituents is 3. The summed E-state index contributed by atoms with van der Waals surface area (Å²) in [6.45, 7) is 2.50. The monoisotopic (exact) mass is 370 g/mol. The Morgan fingerprint density at radius 1 is 0.731 bits per heavy atom. The van der Waals surface area contributed by atoms with Crippen molar-refractivity contribution in [3.05, 3.63) is 42.5 Å². The Morgan fingerprint density at radius 3 is 1.46 bits per heavy atom. The van der Waals surface area contributed by atoms with Gasteiger partial charge in [-0.15, -0.1) is 0 Å². The largest absolute Gasteiger partial charge is 0.497 e. The van der Waals surface area contributed by atoms with Crippen LogP contribution in [0.1, 0.15) is 44.9 Å². The first-order valence-corrected chi connectivity index (χ1v) is 8.35. The summed E-state index contributed by atoms with van der Waals surface area (Å²) in [6.07, 6.45) is 10.0. The SMILES string of the molecule is C1CCCCNCCCC1.O=[N+]([O-])c1cc([N+](=O)[O-])c(O)c([N+](=O)[O-])c1. The van der Waals surface area contributed by atoms with Gasteiger partial charge in [0.1, 0.15) is 0 Å². The highest BCUT2D eigenvalue weighted by atomic mass is 16.6. The summed E-state index contributed by atoms with van der Waals surface area (Å²) >= 11 is 0. The highest BCUT2D eigenvalue weighted by molar-refractivity contribution is 5.64. The molecule has 0 saturated carbocycles. The average molecular weight is 370 g/mol. The fraction of sp³-hybridized carbons (Fsp3) is 0.600. The number of hydrogen-bond donors (Lipinski definition) is 2. The number of rotatable bonds is 3. The van der Waals surface area contributed by atoms with E-state index in [1.54, 1.807) is 0 Å². The second kappa shape index (κ2) is 10.9. The van der Waals surface area contributed by atoms with Gasteiger partial charge in [-0.05, 0) is 25.9 Å². The molecule has 1 saturated heterocycles. The minimum Gasteiger partial charge on any atom is -0.497 e. The third kappa shape index (κ3) is 6.97. The van der Waals surface area contributed by atoms with Crippen LogP contribution in [0, 0.1) is 30.3 Å². The predicted molar refractivity (Wildman–Crippen MR) is 93.3 cm³/mol. The van der Waals surface area contributed by atoms with Crippen molar-refractivity contribution in [1.82, 2.24) is 5.32 Å². The molecular formula is C15H22N4O7. The van der Waals surface area contributed by atoms with Crippen LogP contribution in [-0.2, 0) is 0 Å². The molecule has 0 spiro atoms. The van der Waals surface area contributed by atoms with Crippen LogP contribution in [0.3, 0.4) is 0 Å². The number of aromatic hydroxyl groups is 1. The molecule has 0 radical (unpaired) electrons. The molecule has 0 atom stereocenters. The molecule has 0 aromatic heterocycles. The van der Waals surface area contributed by atoms with E-state index in [0.717, 1.165) is 0 Å². The molecule has 1 fully saturated rings. The lowest BCUT2D eigenvalue weighted by Crippen LogP contribution is -2.17. The third-order valence-electron chi connectivity index (χ3n) is 3.87. The van der Waals surface area contributed by atoms with E-state index in [4.69, 9.17) is 5.11 Å². The van der Waals surface area contributed by atoms with Gasteiger partial charge < -0.3 is 10.4 Å². The first-order valence-electron chi connectivity index (χ1n) is 8.35. The molecule has 0 unspecified atom stereocenters. The standard InChI is InChI=1S/C9H19N.C6H3N3O7/c1-2-4-6-8-10-9-7-5-3-1;10-6-4(8(13)14)1-3(7(11)12)2-5(6)9(15)16/h10H,1-9H2;1-2,10H. The van der Waals surface area contributed by atoms with E-state index < -0.39 is 37.6 Å². The van der Waals surface area contributed by atoms with Crippen molar-refractivity contribution < 1.29 is 19.9 Å². The van der Waals surface area contributed by atoms with E-state index in [-0.39, 0.29) is 0 Å². The molecule has 0 amide bonds. The maximum atomic E-state index is 10.4. The summed E-state index contributed by atoms with van der Waals surface area (Å²) < 4.78 is 0. The van der Waals surface area contributed by atoms with Crippen molar-refractivity contribution in [2.24, 2.45) is 0 Å². The summed E-state index contributed by atoms with van der Waals surface area (Å²) in [5, 5.41) is 43.7. The van der Waals surface area contributed by atoms with E-state index in [2.05, 4.69) is 5.32 Å². The van der Waals surface area contributed by atoms with Crippen LogP contribution in [-0.4, -0.2) is 33.0 Å². The van der Waals surface area contributed by atoms with Crippen LogP contribution in [0.2, 0.25) is 0 Å². The van der Waals surface area contributed by atoms with Gasteiger partial charge in [0.2, 0.25) is 0 Å². The minimum absolute atomic E-state index is 0.447. The van der Waals surface area contributed by atoms with Gasteiger partial charge in [0.25, 0.3) is 11.4 Å². The highest BCUT2D eigenvalue weighted by Gasteiger charge is 2.30. The average Bonchev–Trinajstić information content (AvgIpc) is 2.60. The summed E-state index contributed by atoms with van der Waals surface area (Å²) in [5.41, 5.74) is -3.00. The topological polar surface area (TPSA) is 162 Å². The van der Waals surface area contributed by atoms with E-state index in [1.807, 2.05) is 0 Å². The van der Waals surface area contributed by atoms with Gasteiger partial charge in [0.05, 0.1) is 26.9 Å². The number of phenols is 1. The van der Waals surface area contributed by atoms with Crippen molar-refractivity contribution in [3.63, 3.8) is 0 Å². The molecule has 0 bridgehead atoms. The molecule has 1 aromatic carbocycles. The van der Waals surface area contributed by atoms with Gasteiger partial charge in [-0.2, -0.15) is 0 Å². The molecule has 26 heavy (non-hydrogen) atoms. The van der Waals surface area contributed by atoms with Crippen molar-refractivity contribution in [2.75, 3.05) is 13.1 Å². The lowest BCUT2D eigenvalue weighted by molar-refractivity contribution is -0.404. The fourth-order valence-corrected chi connectivity index (χ4v) is 2.48. The summed E-state index contributed by atoms with van der Waals surface area (Å²) in [4.78, 5) is 27.8. The van der Waals surface area contributed by atoms with Crippen molar-refractivity contribution in [2.45, 2.75) is 44.9 Å². The summed E-state index contributed by atoms with van der Waals surface area (Å²) in [6, 6.07) is 0.894. The molecule has 1 heterocycles. The maximum absolute atomic E-state index is 10.4. The number of nitrogens with zero attached hydrogens (tertiary/aromatic N) is 3. The zero-order valence-corrected chi connectivity index (χ0v) is 14.3. The number of hydrogen-bond acceptors (Lipinski definition) is 8. The highest BCUT2D eigenvalue weighted by Crippen LogP contribution is 2.38. The minimum atomic E-state index is -1.21. The Morgan fingerprint density at radius 2 is 1.12 bits per heavy atom. The number of nitro groups is 3. The third-order valence-corrected chi connectivity index (χ3v) is 3.87. The molecule has 144 valence electrons. The molecule has 1 aromatic rings. The normalized spacial score (nSPS) is 15.2. The molecule has 0 aliphatic carbocycles. The van der Waals surface area contributed by atoms with Gasteiger partial charge in [-0.1, -0.05) is 32.1 Å². The quantitative estimate of drug-likeness (QED) is 0.603. The Bertz CT molecular complexity index is 583. The Kier molecular flexibility index (Phi) is 8.92. The van der Waals surface area contributed by atoms with Crippen LogP contribution < -0.4 is 5.32 Å². The summed E-state index contributed by atoms with van der Waals surface area (Å²) in [5.74, 6) is -1.21. The van der Waals surface area contributed by atoms with E-state index in [9.17, 15) is 30.3 Å². The zero-order chi connectivity index (χ0) is 19.5. The van der Waals surface area contributed by atoms with Gasteiger partial charge in [0, 0.05) is 0 Å². The van der Waals surface area contributed by atoms with Gasteiger partial charge in [-0.3, -0.25) is 30.3 Å². The van der Waals surface area contributed by atoms with Gasteiger partial charge >= 0.3 is 11.4 Å².